The van der Waals surface area contributed by atoms with Gasteiger partial charge in [-0.25, -0.2) is 4.39 Å². The first kappa shape index (κ1) is 13.8. The topological polar surface area (TPSA) is 50.9 Å². The number of hydrogen-bond donors (Lipinski definition) is 2. The van der Waals surface area contributed by atoms with Crippen LogP contribution in [0.5, 0.6) is 0 Å². The largest absolute Gasteiger partial charge is 0.398 e. The minimum absolute atomic E-state index is 0.202. The Morgan fingerprint density at radius 1 is 1.37 bits per heavy atom. The molecule has 1 aromatic carbocycles. The predicted octanol–water partition coefficient (Wildman–Crippen LogP) is 3.16. The van der Waals surface area contributed by atoms with Gasteiger partial charge in [-0.1, -0.05) is 24.6 Å². The van der Waals surface area contributed by atoms with Crippen LogP contribution < -0.4 is 11.1 Å². The molecule has 0 aliphatic heterocycles. The average molecular weight is 280 g/mol. The second-order valence-corrected chi connectivity index (χ2v) is 4.57. The van der Waals surface area contributed by atoms with Crippen molar-refractivity contribution in [2.75, 3.05) is 12.3 Å². The number of anilines is 1. The highest BCUT2D eigenvalue weighted by atomic mass is 35.5. The standard InChI is InChI=1S/C14H15ClFN3/c1-2-19-14(11-8-18-6-5-13(11)17)10-4-3-9(16)7-12(10)15/h3-8,14,19H,2H2,1H3,(H2,17,18). The molecule has 3 N–H and O–H groups in total. The molecule has 0 aliphatic carbocycles. The molecular weight excluding hydrogens is 265 g/mol. The summed E-state index contributed by atoms with van der Waals surface area (Å²) in [5, 5.41) is 3.66. The summed E-state index contributed by atoms with van der Waals surface area (Å²) in [6.45, 7) is 2.71. The second-order valence-electron chi connectivity index (χ2n) is 4.16. The Hall–Kier alpha value is -1.65. The van der Waals surface area contributed by atoms with Crippen LogP contribution in [0.1, 0.15) is 24.1 Å². The molecule has 2 aromatic rings. The van der Waals surface area contributed by atoms with Gasteiger partial charge in [0.15, 0.2) is 0 Å². The van der Waals surface area contributed by atoms with E-state index >= 15 is 0 Å². The first-order valence-electron chi connectivity index (χ1n) is 6.01. The molecule has 0 bridgehead atoms. The van der Waals surface area contributed by atoms with Crippen molar-refractivity contribution >= 4 is 17.3 Å². The van der Waals surface area contributed by atoms with Crippen molar-refractivity contribution < 1.29 is 4.39 Å². The third-order valence-corrected chi connectivity index (χ3v) is 3.21. The lowest BCUT2D eigenvalue weighted by molar-refractivity contribution is 0.613. The monoisotopic (exact) mass is 279 g/mol. The summed E-state index contributed by atoms with van der Waals surface area (Å²) in [4.78, 5) is 4.08. The van der Waals surface area contributed by atoms with E-state index in [0.717, 1.165) is 17.7 Å². The van der Waals surface area contributed by atoms with Gasteiger partial charge in [0.25, 0.3) is 0 Å². The number of pyridine rings is 1. The van der Waals surface area contributed by atoms with E-state index in [1.54, 1.807) is 24.5 Å². The van der Waals surface area contributed by atoms with E-state index in [1.165, 1.54) is 12.1 Å². The van der Waals surface area contributed by atoms with E-state index in [0.29, 0.717) is 10.7 Å². The Morgan fingerprint density at radius 2 is 2.16 bits per heavy atom. The molecule has 0 saturated carbocycles. The number of nitrogens with zero attached hydrogens (tertiary/aromatic N) is 1. The molecule has 0 saturated heterocycles. The summed E-state index contributed by atoms with van der Waals surface area (Å²) in [5.74, 6) is -0.358. The number of halogens is 2. The SMILES string of the molecule is CCNC(c1cnccc1N)c1ccc(F)cc1Cl. The van der Waals surface area contributed by atoms with Crippen LogP contribution in [0.25, 0.3) is 0 Å². The number of nitrogens with two attached hydrogens (primary N) is 1. The summed E-state index contributed by atoms with van der Waals surface area (Å²) in [7, 11) is 0. The van der Waals surface area contributed by atoms with Crippen molar-refractivity contribution in [3.63, 3.8) is 0 Å². The van der Waals surface area contributed by atoms with Gasteiger partial charge in [0.05, 0.1) is 6.04 Å². The van der Waals surface area contributed by atoms with Crippen LogP contribution in [0.2, 0.25) is 5.02 Å². The smallest absolute Gasteiger partial charge is 0.124 e. The van der Waals surface area contributed by atoms with E-state index in [2.05, 4.69) is 10.3 Å². The fourth-order valence-electron chi connectivity index (χ4n) is 1.99. The highest BCUT2D eigenvalue weighted by Gasteiger charge is 2.18. The van der Waals surface area contributed by atoms with Crippen LogP contribution in [-0.4, -0.2) is 11.5 Å². The quantitative estimate of drug-likeness (QED) is 0.904. The molecule has 2 rings (SSSR count). The molecule has 1 atom stereocenters. The van der Waals surface area contributed by atoms with Crippen LogP contribution in [0.15, 0.2) is 36.7 Å². The number of rotatable bonds is 4. The fraction of sp³-hybridized carbons (Fsp3) is 0.214. The maximum Gasteiger partial charge on any atom is 0.124 e. The highest BCUT2D eigenvalue weighted by molar-refractivity contribution is 6.31. The van der Waals surface area contributed by atoms with E-state index in [4.69, 9.17) is 17.3 Å². The van der Waals surface area contributed by atoms with Crippen molar-refractivity contribution in [1.29, 1.82) is 0 Å². The van der Waals surface area contributed by atoms with Gasteiger partial charge in [-0.2, -0.15) is 0 Å². The maximum absolute atomic E-state index is 13.1. The molecule has 3 nitrogen and oxygen atoms in total. The number of nitrogens with one attached hydrogen (secondary N) is 1. The molecule has 1 heterocycles. The zero-order valence-corrected chi connectivity index (χ0v) is 11.3. The van der Waals surface area contributed by atoms with Crippen molar-refractivity contribution in [3.05, 3.63) is 58.6 Å². The summed E-state index contributed by atoms with van der Waals surface area (Å²) < 4.78 is 13.1. The Balaban J connectivity index is 2.48. The van der Waals surface area contributed by atoms with Gasteiger partial charge < -0.3 is 11.1 Å². The first-order valence-corrected chi connectivity index (χ1v) is 6.39. The molecule has 1 aromatic heterocycles. The Kier molecular flexibility index (Phi) is 4.35. The van der Waals surface area contributed by atoms with Crippen LogP contribution in [0.4, 0.5) is 10.1 Å². The molecule has 0 spiro atoms. The normalized spacial score (nSPS) is 12.4. The van der Waals surface area contributed by atoms with Crippen molar-refractivity contribution in [2.24, 2.45) is 0 Å². The zero-order valence-electron chi connectivity index (χ0n) is 10.5. The van der Waals surface area contributed by atoms with Gasteiger partial charge in [-0.05, 0) is 30.3 Å². The van der Waals surface area contributed by atoms with E-state index in [9.17, 15) is 4.39 Å². The molecule has 0 radical (unpaired) electrons. The van der Waals surface area contributed by atoms with Crippen LogP contribution >= 0.6 is 11.6 Å². The van der Waals surface area contributed by atoms with Gasteiger partial charge >= 0.3 is 0 Å². The minimum Gasteiger partial charge on any atom is -0.398 e. The van der Waals surface area contributed by atoms with E-state index in [1.807, 2.05) is 6.92 Å². The zero-order chi connectivity index (χ0) is 13.8. The van der Waals surface area contributed by atoms with Gasteiger partial charge in [-0.15, -0.1) is 0 Å². The molecular formula is C14H15ClFN3. The number of aromatic nitrogens is 1. The lowest BCUT2D eigenvalue weighted by atomic mass is 9.98. The molecule has 5 heteroatoms. The third kappa shape index (κ3) is 3.03. The average Bonchev–Trinajstić information content (AvgIpc) is 2.38. The lowest BCUT2D eigenvalue weighted by Crippen LogP contribution is -2.23. The Labute approximate surface area is 116 Å². The van der Waals surface area contributed by atoms with Gasteiger partial charge in [0.1, 0.15) is 5.82 Å². The van der Waals surface area contributed by atoms with Crippen LogP contribution in [0.3, 0.4) is 0 Å². The van der Waals surface area contributed by atoms with Gasteiger partial charge in [-0.3, -0.25) is 4.98 Å². The fourth-order valence-corrected chi connectivity index (χ4v) is 2.26. The minimum atomic E-state index is -0.358. The summed E-state index contributed by atoms with van der Waals surface area (Å²) in [6.07, 6.45) is 3.33. The lowest BCUT2D eigenvalue weighted by Gasteiger charge is -2.21. The molecule has 19 heavy (non-hydrogen) atoms. The summed E-state index contributed by atoms with van der Waals surface area (Å²) in [6, 6.07) is 5.88. The van der Waals surface area contributed by atoms with Gasteiger partial charge in [0.2, 0.25) is 0 Å². The highest BCUT2D eigenvalue weighted by Crippen LogP contribution is 2.31. The number of nitrogen functional groups attached to an aromatic ring is 1. The van der Waals surface area contributed by atoms with Crippen molar-refractivity contribution in [3.8, 4) is 0 Å². The van der Waals surface area contributed by atoms with Crippen LogP contribution in [-0.2, 0) is 0 Å². The Morgan fingerprint density at radius 3 is 2.79 bits per heavy atom. The first-order chi connectivity index (χ1) is 9.13. The molecule has 1 unspecified atom stereocenters. The van der Waals surface area contributed by atoms with Crippen molar-refractivity contribution in [1.82, 2.24) is 10.3 Å². The van der Waals surface area contributed by atoms with Crippen LogP contribution in [0, 0.1) is 5.82 Å². The maximum atomic E-state index is 13.1. The summed E-state index contributed by atoms with van der Waals surface area (Å²) in [5.41, 5.74) is 8.21. The predicted molar refractivity (Wildman–Crippen MR) is 75.6 cm³/mol. The molecule has 100 valence electrons. The van der Waals surface area contributed by atoms with Crippen molar-refractivity contribution in [2.45, 2.75) is 13.0 Å². The third-order valence-electron chi connectivity index (χ3n) is 2.88. The number of benzene rings is 1. The van der Waals surface area contributed by atoms with E-state index < -0.39 is 0 Å². The molecule has 0 amide bonds. The summed E-state index contributed by atoms with van der Waals surface area (Å²) >= 11 is 6.12. The second kappa shape index (κ2) is 5.99. The molecule has 0 aliphatic rings. The van der Waals surface area contributed by atoms with E-state index in [-0.39, 0.29) is 11.9 Å². The molecule has 0 fully saturated rings. The number of hydrogen-bond acceptors (Lipinski definition) is 3. The van der Waals surface area contributed by atoms with Gasteiger partial charge in [0, 0.05) is 28.7 Å². The Bertz CT molecular complexity index is 574.